The van der Waals surface area contributed by atoms with Crippen molar-refractivity contribution < 1.29 is 5.11 Å². The fraction of sp³-hybridized carbons (Fsp3) is 1.00. The number of hydrogen-bond donors (Lipinski definition) is 2. The maximum Gasteiger partial charge on any atom is 0.0670 e. The van der Waals surface area contributed by atoms with E-state index >= 15 is 0 Å². The van der Waals surface area contributed by atoms with Crippen LogP contribution >= 0.6 is 0 Å². The molecule has 3 unspecified atom stereocenters. The minimum absolute atomic E-state index is 0.0654. The highest BCUT2D eigenvalue weighted by molar-refractivity contribution is 5.05. The maximum absolute atomic E-state index is 10.3. The first-order valence-corrected chi connectivity index (χ1v) is 5.42. The maximum atomic E-state index is 10.3. The Bertz CT molecular complexity index is 180. The summed E-state index contributed by atoms with van der Waals surface area (Å²) in [4.78, 5) is 0. The largest absolute Gasteiger partial charge is 0.390 e. The molecule has 0 aliphatic heterocycles. The summed E-state index contributed by atoms with van der Waals surface area (Å²) in [6.07, 6.45) is 4.93. The molecule has 0 aromatic heterocycles. The molecule has 0 aromatic carbocycles. The van der Waals surface area contributed by atoms with Crippen molar-refractivity contribution in [3.05, 3.63) is 0 Å². The van der Waals surface area contributed by atoms with E-state index in [1.165, 1.54) is 0 Å². The van der Waals surface area contributed by atoms with Gasteiger partial charge < -0.3 is 10.8 Å². The zero-order valence-corrected chi connectivity index (χ0v) is 8.71. The third kappa shape index (κ3) is 1.75. The van der Waals surface area contributed by atoms with Gasteiger partial charge >= 0.3 is 0 Å². The van der Waals surface area contributed by atoms with E-state index in [0.717, 1.165) is 32.1 Å². The molecule has 0 aromatic rings. The van der Waals surface area contributed by atoms with Crippen LogP contribution in [-0.4, -0.2) is 16.2 Å². The molecule has 13 heavy (non-hydrogen) atoms. The fourth-order valence-corrected chi connectivity index (χ4v) is 3.94. The highest BCUT2D eigenvalue weighted by Crippen LogP contribution is 2.48. The van der Waals surface area contributed by atoms with Crippen LogP contribution in [-0.2, 0) is 0 Å². The van der Waals surface area contributed by atoms with Crippen molar-refractivity contribution >= 4 is 0 Å². The lowest BCUT2D eigenvalue weighted by atomic mass is 9.59. The van der Waals surface area contributed by atoms with Crippen LogP contribution in [0.4, 0.5) is 0 Å². The Morgan fingerprint density at radius 2 is 1.54 bits per heavy atom. The van der Waals surface area contributed by atoms with Crippen LogP contribution in [0.2, 0.25) is 0 Å². The average Bonchev–Trinajstić information content (AvgIpc) is 1.75. The van der Waals surface area contributed by atoms with Gasteiger partial charge in [0.25, 0.3) is 0 Å². The van der Waals surface area contributed by atoms with Gasteiger partial charge in [-0.3, -0.25) is 0 Å². The Kier molecular flexibility index (Phi) is 1.97. The van der Waals surface area contributed by atoms with Crippen LogP contribution in [0.3, 0.4) is 0 Å². The van der Waals surface area contributed by atoms with Crippen molar-refractivity contribution in [2.45, 2.75) is 57.1 Å². The van der Waals surface area contributed by atoms with E-state index in [2.05, 4.69) is 13.8 Å². The van der Waals surface area contributed by atoms with Crippen molar-refractivity contribution in [1.82, 2.24) is 0 Å². The summed E-state index contributed by atoms with van der Waals surface area (Å²) in [5.74, 6) is 1.19. The van der Waals surface area contributed by atoms with Gasteiger partial charge in [0.15, 0.2) is 0 Å². The monoisotopic (exact) mass is 183 g/mol. The molecule has 2 saturated carbocycles. The molecule has 2 aliphatic carbocycles. The van der Waals surface area contributed by atoms with Crippen molar-refractivity contribution in [3.8, 4) is 0 Å². The minimum Gasteiger partial charge on any atom is -0.390 e. The molecule has 2 bridgehead atoms. The SMILES string of the molecule is CC1CC2(N)C[C@@H](C)CC(O)(C1)C2. The third-order valence-electron chi connectivity index (χ3n) is 3.65. The first-order valence-electron chi connectivity index (χ1n) is 5.42. The summed E-state index contributed by atoms with van der Waals surface area (Å²) >= 11 is 0. The number of aliphatic hydroxyl groups is 1. The second-order valence-corrected chi connectivity index (χ2v) is 5.79. The summed E-state index contributed by atoms with van der Waals surface area (Å²) in [5.41, 5.74) is 5.80. The van der Waals surface area contributed by atoms with Gasteiger partial charge in [0.2, 0.25) is 0 Å². The Morgan fingerprint density at radius 3 is 1.92 bits per heavy atom. The van der Waals surface area contributed by atoms with Gasteiger partial charge in [-0.2, -0.15) is 0 Å². The normalized spacial score (nSPS) is 56.3. The van der Waals surface area contributed by atoms with Gasteiger partial charge in [-0.1, -0.05) is 13.8 Å². The van der Waals surface area contributed by atoms with Crippen LogP contribution in [0.15, 0.2) is 0 Å². The lowest BCUT2D eigenvalue weighted by Gasteiger charge is -2.52. The van der Waals surface area contributed by atoms with Gasteiger partial charge in [-0.15, -0.1) is 0 Å². The second-order valence-electron chi connectivity index (χ2n) is 5.79. The van der Waals surface area contributed by atoms with E-state index in [-0.39, 0.29) is 5.54 Å². The molecule has 76 valence electrons. The lowest BCUT2D eigenvalue weighted by molar-refractivity contribution is -0.0892. The molecular weight excluding hydrogens is 162 g/mol. The summed E-state index contributed by atoms with van der Waals surface area (Å²) in [6.45, 7) is 4.42. The molecule has 2 fully saturated rings. The zero-order valence-electron chi connectivity index (χ0n) is 8.71. The Hall–Kier alpha value is -0.0800. The molecule has 3 N–H and O–H groups in total. The van der Waals surface area contributed by atoms with Crippen molar-refractivity contribution in [3.63, 3.8) is 0 Å². The van der Waals surface area contributed by atoms with Crippen molar-refractivity contribution in [1.29, 1.82) is 0 Å². The summed E-state index contributed by atoms with van der Waals surface area (Å²) < 4.78 is 0. The Labute approximate surface area is 80.5 Å². The van der Waals surface area contributed by atoms with E-state index in [0.29, 0.717) is 11.8 Å². The number of rotatable bonds is 0. The molecule has 4 atom stereocenters. The zero-order chi connectivity index (χ0) is 9.69. The number of nitrogens with two attached hydrogens (primary N) is 1. The Balaban J connectivity index is 2.22. The minimum atomic E-state index is -0.440. The molecule has 0 amide bonds. The van der Waals surface area contributed by atoms with Gasteiger partial charge in [0, 0.05) is 5.54 Å². The van der Waals surface area contributed by atoms with Gasteiger partial charge in [0.05, 0.1) is 5.60 Å². The van der Waals surface area contributed by atoms with Crippen LogP contribution in [0, 0.1) is 11.8 Å². The van der Waals surface area contributed by atoms with E-state index in [1.807, 2.05) is 0 Å². The number of fused-ring (bicyclic) bond motifs is 2. The smallest absolute Gasteiger partial charge is 0.0670 e. The van der Waals surface area contributed by atoms with Crippen LogP contribution in [0.1, 0.15) is 46.0 Å². The van der Waals surface area contributed by atoms with Gasteiger partial charge in [-0.25, -0.2) is 0 Å². The summed E-state index contributed by atoms with van der Waals surface area (Å²) in [5, 5.41) is 10.3. The van der Waals surface area contributed by atoms with Gasteiger partial charge in [-0.05, 0) is 43.9 Å². The predicted molar refractivity (Wildman–Crippen MR) is 53.3 cm³/mol. The topological polar surface area (TPSA) is 46.2 Å². The van der Waals surface area contributed by atoms with Gasteiger partial charge in [0.1, 0.15) is 0 Å². The molecule has 2 aliphatic rings. The molecule has 2 nitrogen and oxygen atoms in total. The summed E-state index contributed by atoms with van der Waals surface area (Å²) in [6, 6.07) is 0. The molecule has 2 rings (SSSR count). The fourth-order valence-electron chi connectivity index (χ4n) is 3.94. The van der Waals surface area contributed by atoms with E-state index in [9.17, 15) is 5.11 Å². The quantitative estimate of drug-likeness (QED) is 0.600. The van der Waals surface area contributed by atoms with Crippen LogP contribution in [0.25, 0.3) is 0 Å². The third-order valence-corrected chi connectivity index (χ3v) is 3.65. The molecule has 2 heteroatoms. The molecular formula is C11H21NO. The molecule has 0 saturated heterocycles. The number of hydrogen-bond acceptors (Lipinski definition) is 2. The second kappa shape index (κ2) is 2.71. The highest BCUT2D eigenvalue weighted by atomic mass is 16.3. The summed E-state index contributed by atoms with van der Waals surface area (Å²) in [7, 11) is 0. The first kappa shape index (κ1) is 9.47. The predicted octanol–water partition coefficient (Wildman–Crippen LogP) is 1.66. The first-order chi connectivity index (χ1) is 5.91. The standard InChI is InChI=1S/C11H21NO/c1-8-3-10(12)4-9(2)6-11(13,5-8)7-10/h8-9,13H,3-7,12H2,1-2H3/t8-,9?,10?,11?/m1/s1. The highest BCUT2D eigenvalue weighted by Gasteiger charge is 2.49. The Morgan fingerprint density at radius 1 is 1.08 bits per heavy atom. The van der Waals surface area contributed by atoms with Crippen LogP contribution in [0.5, 0.6) is 0 Å². The van der Waals surface area contributed by atoms with E-state index < -0.39 is 5.60 Å². The lowest BCUT2D eigenvalue weighted by Crippen LogP contribution is -2.58. The molecule has 0 spiro atoms. The average molecular weight is 183 g/mol. The molecule has 0 heterocycles. The van der Waals surface area contributed by atoms with Crippen LogP contribution < -0.4 is 5.73 Å². The van der Waals surface area contributed by atoms with E-state index in [4.69, 9.17) is 5.73 Å². The van der Waals surface area contributed by atoms with E-state index in [1.54, 1.807) is 0 Å². The van der Waals surface area contributed by atoms with Crippen molar-refractivity contribution in [2.24, 2.45) is 17.6 Å². The van der Waals surface area contributed by atoms with Crippen molar-refractivity contribution in [2.75, 3.05) is 0 Å². The molecule has 0 radical (unpaired) electrons.